The van der Waals surface area contributed by atoms with Gasteiger partial charge in [0, 0.05) is 31.3 Å². The van der Waals surface area contributed by atoms with Crippen molar-refractivity contribution in [1.82, 2.24) is 9.62 Å². The second kappa shape index (κ2) is 8.41. The maximum Gasteiger partial charge on any atom is 0.253 e. The molecular formula is C12H22ClN3O5S3. The van der Waals surface area contributed by atoms with E-state index in [2.05, 4.69) is 5.32 Å². The fourth-order valence-corrected chi connectivity index (χ4v) is 6.66. The number of fused-ring (bicyclic) bond motifs is 1. The minimum absolute atomic E-state index is 0. The number of likely N-dealkylation sites (N-methyl/N-ethyl adjacent to an activating group) is 1. The largest absolute Gasteiger partial charge is 0.380 e. The second-order valence-electron chi connectivity index (χ2n) is 5.02. The summed E-state index contributed by atoms with van der Waals surface area (Å²) < 4.78 is 55.0. The number of nitrogens with two attached hydrogens (primary N) is 1. The van der Waals surface area contributed by atoms with Gasteiger partial charge in [-0.1, -0.05) is 6.92 Å². The summed E-state index contributed by atoms with van der Waals surface area (Å²) in [5.74, 6) is 0. The number of ether oxygens (including phenoxy) is 1. The molecule has 0 bridgehead atoms. The molecule has 0 saturated heterocycles. The molecule has 140 valence electrons. The van der Waals surface area contributed by atoms with Crippen molar-refractivity contribution in [3.05, 3.63) is 11.6 Å². The molecule has 12 heteroatoms. The summed E-state index contributed by atoms with van der Waals surface area (Å²) in [5.41, 5.74) is 0.466. The Labute approximate surface area is 152 Å². The number of rotatable bonds is 7. The van der Waals surface area contributed by atoms with E-state index < -0.39 is 20.0 Å². The van der Waals surface area contributed by atoms with Gasteiger partial charge in [0.2, 0.25) is 10.0 Å². The lowest BCUT2D eigenvalue weighted by Gasteiger charge is -2.32. The molecule has 1 aliphatic heterocycles. The van der Waals surface area contributed by atoms with E-state index in [1.165, 1.54) is 10.4 Å². The van der Waals surface area contributed by atoms with Crippen molar-refractivity contribution >= 4 is 43.8 Å². The molecular weight excluding hydrogens is 398 g/mol. The normalized spacial score (nSPS) is 20.4. The van der Waals surface area contributed by atoms with Crippen LogP contribution in [0.25, 0.3) is 0 Å². The fraction of sp³-hybridized carbons (Fsp3) is 0.667. The number of nitrogens with zero attached hydrogens (tertiary/aromatic N) is 1. The number of sulfonamides is 2. The molecule has 8 nitrogen and oxygen atoms in total. The van der Waals surface area contributed by atoms with Crippen LogP contribution in [-0.4, -0.2) is 54.0 Å². The molecule has 0 aliphatic carbocycles. The third-order valence-electron chi connectivity index (χ3n) is 3.46. The molecule has 0 spiro atoms. The molecule has 1 aromatic rings. The maximum absolute atomic E-state index is 12.7. The standard InChI is InChI=1S/C12H21N3O5S3.ClH/c1-3-14-10-8-15(5-6-20-4-2)23(18,19)12-9(10)7-11(21-12)22(13,16)17;/h7,10,14H,3-6,8H2,1-2H3,(H2,13,16,17);1H. The topological polar surface area (TPSA) is 119 Å². The predicted octanol–water partition coefficient (Wildman–Crippen LogP) is 0.509. The van der Waals surface area contributed by atoms with Crippen molar-refractivity contribution in [1.29, 1.82) is 0 Å². The van der Waals surface area contributed by atoms with Crippen molar-refractivity contribution in [3.8, 4) is 0 Å². The van der Waals surface area contributed by atoms with Gasteiger partial charge in [0.25, 0.3) is 10.0 Å². The zero-order valence-corrected chi connectivity index (χ0v) is 16.7. The molecule has 24 heavy (non-hydrogen) atoms. The molecule has 0 fully saturated rings. The third-order valence-corrected chi connectivity index (χ3v) is 8.42. The quantitative estimate of drug-likeness (QED) is 0.621. The molecule has 2 rings (SSSR count). The summed E-state index contributed by atoms with van der Waals surface area (Å²) in [6, 6.07) is 1.09. The number of halogens is 1. The van der Waals surface area contributed by atoms with Crippen LogP contribution in [0.2, 0.25) is 0 Å². The van der Waals surface area contributed by atoms with Gasteiger partial charge in [0.1, 0.15) is 8.42 Å². The van der Waals surface area contributed by atoms with E-state index in [0.717, 1.165) is 0 Å². The smallest absolute Gasteiger partial charge is 0.253 e. The van der Waals surface area contributed by atoms with Gasteiger partial charge in [0.05, 0.1) is 6.61 Å². The molecule has 1 unspecified atom stereocenters. The predicted molar refractivity (Wildman–Crippen MR) is 94.6 cm³/mol. The molecule has 0 saturated carbocycles. The van der Waals surface area contributed by atoms with Crippen LogP contribution in [0.4, 0.5) is 0 Å². The maximum atomic E-state index is 12.7. The van der Waals surface area contributed by atoms with Crippen LogP contribution < -0.4 is 10.5 Å². The highest BCUT2D eigenvalue weighted by atomic mass is 35.5. The van der Waals surface area contributed by atoms with E-state index in [1.807, 2.05) is 13.8 Å². The van der Waals surface area contributed by atoms with Gasteiger partial charge < -0.3 is 10.1 Å². The highest BCUT2D eigenvalue weighted by Crippen LogP contribution is 2.39. The van der Waals surface area contributed by atoms with Gasteiger partial charge in [-0.2, -0.15) is 4.31 Å². The lowest BCUT2D eigenvalue weighted by molar-refractivity contribution is 0.131. The van der Waals surface area contributed by atoms with E-state index in [1.54, 1.807) is 0 Å². The molecule has 0 amide bonds. The Hall–Kier alpha value is -0.270. The summed E-state index contributed by atoms with van der Waals surface area (Å²) in [7, 11) is -7.68. The van der Waals surface area contributed by atoms with Crippen molar-refractivity contribution in [2.24, 2.45) is 5.14 Å². The average Bonchev–Trinajstić information content (AvgIpc) is 2.90. The van der Waals surface area contributed by atoms with Gasteiger partial charge in [-0.05, 0) is 19.5 Å². The van der Waals surface area contributed by atoms with Gasteiger partial charge in [-0.15, -0.1) is 23.7 Å². The van der Waals surface area contributed by atoms with Crippen molar-refractivity contribution < 1.29 is 21.6 Å². The monoisotopic (exact) mass is 419 g/mol. The van der Waals surface area contributed by atoms with Crippen LogP contribution in [0.5, 0.6) is 0 Å². The molecule has 0 radical (unpaired) electrons. The van der Waals surface area contributed by atoms with Crippen LogP contribution in [0.15, 0.2) is 14.5 Å². The Morgan fingerprint density at radius 3 is 2.67 bits per heavy atom. The van der Waals surface area contributed by atoms with Crippen LogP contribution in [0.1, 0.15) is 25.5 Å². The van der Waals surface area contributed by atoms with Gasteiger partial charge in [0.15, 0.2) is 0 Å². The van der Waals surface area contributed by atoms with E-state index in [0.29, 0.717) is 30.1 Å². The number of hydrogen-bond donors (Lipinski definition) is 2. The Morgan fingerprint density at radius 1 is 1.46 bits per heavy atom. The first kappa shape index (κ1) is 21.8. The van der Waals surface area contributed by atoms with E-state index in [9.17, 15) is 16.8 Å². The zero-order chi connectivity index (χ0) is 17.3. The first-order valence-electron chi connectivity index (χ1n) is 7.19. The fourth-order valence-electron chi connectivity index (χ4n) is 2.41. The molecule has 2 heterocycles. The number of primary sulfonamides is 1. The van der Waals surface area contributed by atoms with Crippen LogP contribution >= 0.6 is 23.7 Å². The first-order chi connectivity index (χ1) is 10.7. The van der Waals surface area contributed by atoms with Crippen molar-refractivity contribution in [2.75, 3.05) is 32.8 Å². The SMILES string of the molecule is CCNC1CN(CCOCC)S(=O)(=O)c2sc(S(N)(=O)=O)cc21.Cl. The third kappa shape index (κ3) is 4.47. The molecule has 1 aromatic heterocycles. The Morgan fingerprint density at radius 2 is 2.12 bits per heavy atom. The second-order valence-corrected chi connectivity index (χ2v) is 10.00. The number of hydrogen-bond acceptors (Lipinski definition) is 7. The Kier molecular flexibility index (Phi) is 7.63. The number of nitrogens with one attached hydrogen (secondary N) is 1. The summed E-state index contributed by atoms with van der Waals surface area (Å²) >= 11 is 0.698. The zero-order valence-electron chi connectivity index (χ0n) is 13.4. The van der Waals surface area contributed by atoms with Gasteiger partial charge >= 0.3 is 0 Å². The molecule has 1 atom stereocenters. The van der Waals surface area contributed by atoms with Crippen LogP contribution in [0, 0.1) is 0 Å². The number of thiophene rings is 1. The first-order valence-corrected chi connectivity index (χ1v) is 11.0. The summed E-state index contributed by atoms with van der Waals surface area (Å²) in [4.78, 5) is 0. The van der Waals surface area contributed by atoms with E-state index in [4.69, 9.17) is 9.88 Å². The van der Waals surface area contributed by atoms with Crippen molar-refractivity contribution in [2.45, 2.75) is 28.3 Å². The molecule has 0 aromatic carbocycles. The highest BCUT2D eigenvalue weighted by molar-refractivity contribution is 7.94. The average molecular weight is 420 g/mol. The minimum Gasteiger partial charge on any atom is -0.380 e. The van der Waals surface area contributed by atoms with E-state index >= 15 is 0 Å². The van der Waals surface area contributed by atoms with Gasteiger partial charge in [-0.25, -0.2) is 22.0 Å². The Bertz CT molecular complexity index is 763. The van der Waals surface area contributed by atoms with Gasteiger partial charge in [-0.3, -0.25) is 0 Å². The Balaban J connectivity index is 0.00000288. The summed E-state index contributed by atoms with van der Waals surface area (Å²) in [6.45, 7) is 5.62. The highest BCUT2D eigenvalue weighted by Gasteiger charge is 2.39. The summed E-state index contributed by atoms with van der Waals surface area (Å²) in [5, 5.41) is 8.33. The summed E-state index contributed by atoms with van der Waals surface area (Å²) in [6.07, 6.45) is 0. The van der Waals surface area contributed by atoms with Crippen LogP contribution in [-0.2, 0) is 24.8 Å². The lowest BCUT2D eigenvalue weighted by Crippen LogP contribution is -2.44. The molecule has 3 N–H and O–H groups in total. The lowest BCUT2D eigenvalue weighted by atomic mass is 10.1. The van der Waals surface area contributed by atoms with E-state index in [-0.39, 0.29) is 46.6 Å². The van der Waals surface area contributed by atoms with Crippen LogP contribution in [0.3, 0.4) is 0 Å². The van der Waals surface area contributed by atoms with Crippen molar-refractivity contribution in [3.63, 3.8) is 0 Å². The minimum atomic E-state index is -3.94. The molecule has 1 aliphatic rings.